The maximum atomic E-state index is 13.2. The molecular weight excluding hydrogens is 338 g/mol. The molecule has 0 spiro atoms. The van der Waals surface area contributed by atoms with Gasteiger partial charge in [0.25, 0.3) is 5.91 Å². The van der Waals surface area contributed by atoms with Crippen molar-refractivity contribution in [2.45, 2.75) is 19.3 Å². The van der Waals surface area contributed by atoms with E-state index in [0.29, 0.717) is 19.1 Å². The number of anilines is 1. The molecule has 2 aromatic rings. The largest absolute Gasteiger partial charge is 0.378 e. The predicted octanol–water partition coefficient (Wildman–Crippen LogP) is 3.01. The average molecular weight is 365 g/mol. The molecule has 4 rings (SSSR count). The van der Waals surface area contributed by atoms with Gasteiger partial charge in [-0.05, 0) is 42.9 Å². The van der Waals surface area contributed by atoms with Crippen LogP contribution in [0.3, 0.4) is 0 Å². The van der Waals surface area contributed by atoms with Crippen LogP contribution in [0.25, 0.3) is 0 Å². The monoisotopic (exact) mass is 365 g/mol. The summed E-state index contributed by atoms with van der Waals surface area (Å²) in [5.74, 6) is 1.57. The number of ether oxygens (including phenoxy) is 1. The Hall–Kier alpha value is -2.40. The van der Waals surface area contributed by atoms with Crippen molar-refractivity contribution < 1.29 is 9.53 Å². The van der Waals surface area contributed by atoms with Gasteiger partial charge >= 0.3 is 0 Å². The molecule has 2 aliphatic rings. The lowest BCUT2D eigenvalue weighted by atomic mass is 9.90. The number of amides is 1. The third-order valence-electron chi connectivity index (χ3n) is 5.60. The zero-order valence-electron chi connectivity index (χ0n) is 15.7. The van der Waals surface area contributed by atoms with Crippen LogP contribution in [0.15, 0.2) is 48.7 Å². The first-order valence-corrected chi connectivity index (χ1v) is 9.92. The van der Waals surface area contributed by atoms with E-state index in [4.69, 9.17) is 4.74 Å². The highest BCUT2D eigenvalue weighted by molar-refractivity contribution is 5.99. The highest BCUT2D eigenvalue weighted by atomic mass is 16.5. The minimum Gasteiger partial charge on any atom is -0.378 e. The number of nitrogens with zero attached hydrogens (tertiary/aromatic N) is 3. The van der Waals surface area contributed by atoms with Gasteiger partial charge in [0.1, 0.15) is 5.82 Å². The Morgan fingerprint density at radius 3 is 2.48 bits per heavy atom. The molecule has 2 aliphatic heterocycles. The van der Waals surface area contributed by atoms with Gasteiger partial charge in [0.2, 0.25) is 0 Å². The Morgan fingerprint density at radius 1 is 1.00 bits per heavy atom. The fraction of sp³-hybridized carbons (Fsp3) is 0.455. The molecule has 0 saturated carbocycles. The number of piperidine rings is 1. The molecule has 0 aliphatic carbocycles. The fourth-order valence-corrected chi connectivity index (χ4v) is 4.05. The van der Waals surface area contributed by atoms with Gasteiger partial charge in [-0.2, -0.15) is 0 Å². The summed E-state index contributed by atoms with van der Waals surface area (Å²) in [5.41, 5.74) is 2.12. The van der Waals surface area contributed by atoms with Gasteiger partial charge in [-0.3, -0.25) is 4.79 Å². The third kappa shape index (κ3) is 4.30. The zero-order valence-corrected chi connectivity index (χ0v) is 15.7. The summed E-state index contributed by atoms with van der Waals surface area (Å²) in [7, 11) is 0. The van der Waals surface area contributed by atoms with E-state index in [2.05, 4.69) is 40.2 Å². The maximum absolute atomic E-state index is 13.2. The van der Waals surface area contributed by atoms with Crippen LogP contribution in [-0.2, 0) is 11.2 Å². The van der Waals surface area contributed by atoms with Crippen molar-refractivity contribution in [3.63, 3.8) is 0 Å². The first kappa shape index (κ1) is 18.0. The minimum atomic E-state index is 0.114. The van der Waals surface area contributed by atoms with Gasteiger partial charge in [-0.25, -0.2) is 4.98 Å². The van der Waals surface area contributed by atoms with E-state index in [1.165, 1.54) is 5.56 Å². The van der Waals surface area contributed by atoms with Gasteiger partial charge in [-0.15, -0.1) is 0 Å². The zero-order chi connectivity index (χ0) is 18.5. The first-order chi connectivity index (χ1) is 13.3. The number of hydrogen-bond donors (Lipinski definition) is 0. The molecule has 1 aromatic carbocycles. The predicted molar refractivity (Wildman–Crippen MR) is 106 cm³/mol. The lowest BCUT2D eigenvalue weighted by Crippen LogP contribution is -2.41. The molecule has 2 saturated heterocycles. The van der Waals surface area contributed by atoms with Crippen LogP contribution in [0.2, 0.25) is 0 Å². The van der Waals surface area contributed by atoms with Crippen molar-refractivity contribution in [3.05, 3.63) is 59.8 Å². The number of carbonyl (C=O) groups is 1. The summed E-state index contributed by atoms with van der Waals surface area (Å²) in [6.45, 7) is 4.61. The average Bonchev–Trinajstić information content (AvgIpc) is 2.75. The molecule has 1 amide bonds. The molecule has 5 heteroatoms. The molecule has 0 unspecified atom stereocenters. The topological polar surface area (TPSA) is 45.7 Å². The number of rotatable bonds is 4. The van der Waals surface area contributed by atoms with Crippen LogP contribution < -0.4 is 4.90 Å². The molecule has 3 heterocycles. The van der Waals surface area contributed by atoms with Crippen molar-refractivity contribution in [2.24, 2.45) is 5.92 Å². The molecule has 27 heavy (non-hydrogen) atoms. The lowest BCUT2D eigenvalue weighted by molar-refractivity contribution is 0.0689. The van der Waals surface area contributed by atoms with Crippen molar-refractivity contribution in [1.29, 1.82) is 0 Å². The van der Waals surface area contributed by atoms with Gasteiger partial charge in [-0.1, -0.05) is 30.3 Å². The van der Waals surface area contributed by atoms with Gasteiger partial charge in [0.05, 0.1) is 18.8 Å². The van der Waals surface area contributed by atoms with Crippen LogP contribution in [0.4, 0.5) is 5.82 Å². The van der Waals surface area contributed by atoms with Crippen LogP contribution in [0.5, 0.6) is 0 Å². The highest BCUT2D eigenvalue weighted by Gasteiger charge is 2.27. The second-order valence-corrected chi connectivity index (χ2v) is 7.40. The normalized spacial score (nSPS) is 18.5. The molecule has 0 bridgehead atoms. The number of hydrogen-bond acceptors (Lipinski definition) is 4. The summed E-state index contributed by atoms with van der Waals surface area (Å²) in [5, 5.41) is 0. The first-order valence-electron chi connectivity index (χ1n) is 9.92. The van der Waals surface area contributed by atoms with E-state index < -0.39 is 0 Å². The fourth-order valence-electron chi connectivity index (χ4n) is 4.05. The molecule has 0 radical (unpaired) electrons. The number of morpholine rings is 1. The Bertz CT molecular complexity index is 751. The molecule has 142 valence electrons. The summed E-state index contributed by atoms with van der Waals surface area (Å²) in [6.07, 6.45) is 5.00. The third-order valence-corrected chi connectivity index (χ3v) is 5.60. The van der Waals surface area contributed by atoms with Gasteiger partial charge < -0.3 is 14.5 Å². The van der Waals surface area contributed by atoms with Gasteiger partial charge in [0, 0.05) is 32.4 Å². The van der Waals surface area contributed by atoms with E-state index in [0.717, 1.165) is 56.8 Å². The highest BCUT2D eigenvalue weighted by Crippen LogP contribution is 2.25. The van der Waals surface area contributed by atoms with E-state index in [-0.39, 0.29) is 5.91 Å². The number of carbonyl (C=O) groups excluding carboxylic acids is 1. The summed E-state index contributed by atoms with van der Waals surface area (Å²) < 4.78 is 5.43. The number of pyridine rings is 1. The van der Waals surface area contributed by atoms with Crippen molar-refractivity contribution in [1.82, 2.24) is 9.88 Å². The molecule has 1 aromatic heterocycles. The Labute approximate surface area is 161 Å². The summed E-state index contributed by atoms with van der Waals surface area (Å²) >= 11 is 0. The molecule has 2 fully saturated rings. The van der Waals surface area contributed by atoms with Crippen LogP contribution in [0.1, 0.15) is 28.8 Å². The van der Waals surface area contributed by atoms with Crippen LogP contribution in [-0.4, -0.2) is 55.2 Å². The van der Waals surface area contributed by atoms with Crippen LogP contribution >= 0.6 is 0 Å². The quantitative estimate of drug-likeness (QED) is 0.836. The number of likely N-dealkylation sites (tertiary alicyclic amines) is 1. The summed E-state index contributed by atoms with van der Waals surface area (Å²) in [4.78, 5) is 21.8. The number of benzene rings is 1. The second-order valence-electron chi connectivity index (χ2n) is 7.40. The SMILES string of the molecule is O=C(c1cccnc1N1CCOCC1)N1CCC(Cc2ccccc2)CC1. The minimum absolute atomic E-state index is 0.114. The molecular formula is C22H27N3O2. The van der Waals surface area contributed by atoms with Crippen LogP contribution in [0, 0.1) is 5.92 Å². The van der Waals surface area contributed by atoms with Crippen molar-refractivity contribution >= 4 is 11.7 Å². The van der Waals surface area contributed by atoms with Gasteiger partial charge in [0.15, 0.2) is 0 Å². The molecule has 0 atom stereocenters. The summed E-state index contributed by atoms with van der Waals surface area (Å²) in [6, 6.07) is 14.4. The van der Waals surface area contributed by atoms with E-state index >= 15 is 0 Å². The van der Waals surface area contributed by atoms with Crippen molar-refractivity contribution in [3.8, 4) is 0 Å². The Kier molecular flexibility index (Phi) is 5.68. The number of aromatic nitrogens is 1. The second kappa shape index (κ2) is 8.53. The standard InChI is InChI=1S/C22H27N3O2/c26-22(20-7-4-10-23-21(20)24-13-15-27-16-14-24)25-11-8-19(9-12-25)17-18-5-2-1-3-6-18/h1-7,10,19H,8-9,11-17H2. The lowest BCUT2D eigenvalue weighted by Gasteiger charge is -2.34. The Morgan fingerprint density at radius 2 is 1.74 bits per heavy atom. The smallest absolute Gasteiger partial charge is 0.257 e. The van der Waals surface area contributed by atoms with Crippen molar-refractivity contribution in [2.75, 3.05) is 44.3 Å². The molecule has 0 N–H and O–H groups in total. The van der Waals surface area contributed by atoms with E-state index in [1.54, 1.807) is 6.20 Å². The maximum Gasteiger partial charge on any atom is 0.257 e. The molecule has 5 nitrogen and oxygen atoms in total. The van der Waals surface area contributed by atoms with E-state index in [1.807, 2.05) is 17.0 Å². The Balaban J connectivity index is 1.39. The van der Waals surface area contributed by atoms with E-state index in [9.17, 15) is 4.79 Å².